The molecular weight excluding hydrogens is 302 g/mol. The van der Waals surface area contributed by atoms with Crippen LogP contribution in [0.4, 0.5) is 0 Å². The van der Waals surface area contributed by atoms with Gasteiger partial charge in [0.1, 0.15) is 0 Å². The van der Waals surface area contributed by atoms with E-state index in [0.717, 1.165) is 11.3 Å². The number of likely N-dealkylation sites (N-methyl/N-ethyl adjacent to an activating group) is 1. The molecule has 0 spiro atoms. The number of hydrogen-bond donors (Lipinski definition) is 2. The molecule has 1 rings (SSSR count). The Morgan fingerprint density at radius 2 is 2.10 bits per heavy atom. The minimum Gasteiger partial charge on any atom is -0.476 e. The van der Waals surface area contributed by atoms with Crippen molar-refractivity contribution in [1.82, 2.24) is 14.6 Å². The Hall–Kier alpha value is -1.03. The predicted octanol–water partition coefficient (Wildman–Crippen LogP) is 0.706. The largest absolute Gasteiger partial charge is 0.476 e. The number of nitrogens with zero attached hydrogens (tertiary/aromatic N) is 2. The fourth-order valence-electron chi connectivity index (χ4n) is 1.60. The Morgan fingerprint density at radius 1 is 1.50 bits per heavy atom. The topological polar surface area (TPSA) is 99.6 Å². The van der Waals surface area contributed by atoms with Crippen molar-refractivity contribution < 1.29 is 18.3 Å². The molecule has 0 aliphatic rings. The average Bonchev–Trinajstić information content (AvgIpc) is 2.76. The zero-order valence-electron chi connectivity index (χ0n) is 11.8. The number of carbonyl (C=O) groups is 1. The van der Waals surface area contributed by atoms with Gasteiger partial charge in [-0.25, -0.2) is 22.9 Å². The first-order valence-electron chi connectivity index (χ1n) is 5.99. The lowest BCUT2D eigenvalue weighted by Gasteiger charge is -2.25. The molecule has 0 saturated carbocycles. The normalized spacial score (nSPS) is 13.9. The van der Waals surface area contributed by atoms with Crippen molar-refractivity contribution in [1.29, 1.82) is 0 Å². The summed E-state index contributed by atoms with van der Waals surface area (Å²) in [5, 5.41) is 8.95. The Labute approximate surface area is 122 Å². The van der Waals surface area contributed by atoms with Gasteiger partial charge < -0.3 is 10.0 Å². The fourth-order valence-corrected chi connectivity index (χ4v) is 4.13. The number of rotatable bonds is 7. The van der Waals surface area contributed by atoms with Crippen LogP contribution in [0.25, 0.3) is 0 Å². The molecule has 0 fully saturated rings. The first-order valence-corrected chi connectivity index (χ1v) is 8.35. The van der Waals surface area contributed by atoms with Crippen LogP contribution >= 0.6 is 11.3 Å². The van der Waals surface area contributed by atoms with E-state index in [1.54, 1.807) is 0 Å². The molecule has 1 atom stereocenters. The van der Waals surface area contributed by atoms with E-state index in [2.05, 4.69) is 9.71 Å². The Bertz CT molecular complexity index is 566. The third kappa shape index (κ3) is 4.23. The molecule has 9 heteroatoms. The minimum absolute atomic E-state index is 0.0772. The highest BCUT2D eigenvalue weighted by Gasteiger charge is 2.29. The van der Waals surface area contributed by atoms with Gasteiger partial charge in [0, 0.05) is 12.6 Å². The third-order valence-electron chi connectivity index (χ3n) is 2.65. The number of sulfonamides is 1. The summed E-state index contributed by atoms with van der Waals surface area (Å²) in [5.74, 6) is -1.27. The molecule has 1 aromatic rings. The summed E-state index contributed by atoms with van der Waals surface area (Å²) < 4.78 is 26.9. The van der Waals surface area contributed by atoms with E-state index in [1.807, 2.05) is 32.8 Å². The van der Waals surface area contributed by atoms with Gasteiger partial charge in [0.15, 0.2) is 9.90 Å². The van der Waals surface area contributed by atoms with Crippen LogP contribution in [0.1, 0.15) is 24.3 Å². The van der Waals surface area contributed by atoms with Crippen molar-refractivity contribution in [3.05, 3.63) is 11.2 Å². The number of hydrogen-bond acceptors (Lipinski definition) is 6. The highest BCUT2D eigenvalue weighted by atomic mass is 32.2. The van der Waals surface area contributed by atoms with Crippen molar-refractivity contribution in [3.8, 4) is 0 Å². The van der Waals surface area contributed by atoms with Gasteiger partial charge in [0.2, 0.25) is 0 Å². The molecule has 0 aliphatic heterocycles. The van der Waals surface area contributed by atoms with E-state index in [9.17, 15) is 13.2 Å². The summed E-state index contributed by atoms with van der Waals surface area (Å²) in [6, 6.07) is -0.307. The maximum atomic E-state index is 12.3. The number of thiazole rings is 1. The Morgan fingerprint density at radius 3 is 2.55 bits per heavy atom. The summed E-state index contributed by atoms with van der Waals surface area (Å²) >= 11 is 0.801. The van der Waals surface area contributed by atoms with Crippen molar-refractivity contribution in [2.45, 2.75) is 24.1 Å². The molecule has 2 N–H and O–H groups in total. The maximum absolute atomic E-state index is 12.3. The SMILES string of the molecule is CC(C)C(CN(C)C)NS(=O)(=O)c1scnc1C(=O)O. The summed E-state index contributed by atoms with van der Waals surface area (Å²) in [7, 11) is -0.191. The lowest BCUT2D eigenvalue weighted by molar-refractivity contribution is 0.0687. The van der Waals surface area contributed by atoms with Gasteiger partial charge >= 0.3 is 5.97 Å². The van der Waals surface area contributed by atoms with Crippen molar-refractivity contribution in [2.24, 2.45) is 5.92 Å². The molecule has 0 saturated heterocycles. The molecule has 0 aliphatic carbocycles. The molecule has 1 heterocycles. The number of aromatic nitrogens is 1. The molecule has 7 nitrogen and oxygen atoms in total. The Balaban J connectivity index is 3.04. The van der Waals surface area contributed by atoms with Crippen LogP contribution in [-0.4, -0.2) is 56.1 Å². The van der Waals surface area contributed by atoms with Crippen molar-refractivity contribution in [2.75, 3.05) is 20.6 Å². The van der Waals surface area contributed by atoms with Gasteiger partial charge in [-0.2, -0.15) is 0 Å². The second-order valence-corrected chi connectivity index (χ2v) is 7.79. The summed E-state index contributed by atoms with van der Waals surface area (Å²) in [5.41, 5.74) is 0.781. The highest BCUT2D eigenvalue weighted by Crippen LogP contribution is 2.21. The standard InChI is InChI=1S/C11H19N3O4S2/c1-7(2)8(5-14(3)4)13-20(17,18)11-9(10(15)16)12-6-19-11/h6-8,13H,5H2,1-4H3,(H,15,16). The minimum atomic E-state index is -3.88. The smallest absolute Gasteiger partial charge is 0.356 e. The predicted molar refractivity (Wildman–Crippen MR) is 76.6 cm³/mol. The number of carboxylic acid groups (broad SMARTS) is 1. The lowest BCUT2D eigenvalue weighted by atomic mass is 10.1. The van der Waals surface area contributed by atoms with Crippen LogP contribution in [-0.2, 0) is 10.0 Å². The van der Waals surface area contributed by atoms with Gasteiger partial charge in [-0.1, -0.05) is 13.8 Å². The van der Waals surface area contributed by atoms with Crippen LogP contribution in [0.5, 0.6) is 0 Å². The van der Waals surface area contributed by atoms with Crippen molar-refractivity contribution >= 4 is 27.3 Å². The van der Waals surface area contributed by atoms with Crippen LogP contribution in [0, 0.1) is 5.92 Å². The summed E-state index contributed by atoms with van der Waals surface area (Å²) in [4.78, 5) is 16.4. The van der Waals surface area contributed by atoms with E-state index in [0.29, 0.717) is 6.54 Å². The monoisotopic (exact) mass is 321 g/mol. The zero-order valence-corrected chi connectivity index (χ0v) is 13.5. The van der Waals surface area contributed by atoms with Crippen LogP contribution < -0.4 is 4.72 Å². The van der Waals surface area contributed by atoms with E-state index in [4.69, 9.17) is 5.11 Å². The second kappa shape index (κ2) is 6.61. The molecule has 114 valence electrons. The molecular formula is C11H19N3O4S2. The van der Waals surface area contributed by atoms with E-state index >= 15 is 0 Å². The van der Waals surface area contributed by atoms with Gasteiger partial charge in [0.25, 0.3) is 10.0 Å². The van der Waals surface area contributed by atoms with Gasteiger partial charge in [-0.15, -0.1) is 11.3 Å². The van der Waals surface area contributed by atoms with E-state index < -0.39 is 21.7 Å². The van der Waals surface area contributed by atoms with Crippen molar-refractivity contribution in [3.63, 3.8) is 0 Å². The molecule has 1 aromatic heterocycles. The molecule has 0 bridgehead atoms. The van der Waals surface area contributed by atoms with Gasteiger partial charge in [-0.3, -0.25) is 0 Å². The zero-order chi connectivity index (χ0) is 15.5. The second-order valence-electron chi connectivity index (χ2n) is 5.03. The van der Waals surface area contributed by atoms with Crippen LogP contribution in [0.2, 0.25) is 0 Å². The first kappa shape index (κ1) is 17.0. The third-order valence-corrected chi connectivity index (χ3v) is 5.51. The van der Waals surface area contributed by atoms with Gasteiger partial charge in [0.05, 0.1) is 5.51 Å². The van der Waals surface area contributed by atoms with E-state index in [1.165, 1.54) is 5.51 Å². The van der Waals surface area contributed by atoms with E-state index in [-0.39, 0.29) is 16.2 Å². The molecule has 1 unspecified atom stereocenters. The number of carboxylic acids is 1. The fraction of sp³-hybridized carbons (Fsp3) is 0.636. The summed E-state index contributed by atoms with van der Waals surface area (Å²) in [6.45, 7) is 4.33. The molecule has 0 radical (unpaired) electrons. The quantitative estimate of drug-likeness (QED) is 0.767. The lowest BCUT2D eigenvalue weighted by Crippen LogP contribution is -2.44. The van der Waals surface area contributed by atoms with Crippen LogP contribution in [0.3, 0.4) is 0 Å². The molecule has 0 aromatic carbocycles. The Kier molecular flexibility index (Phi) is 5.63. The molecule has 0 amide bonds. The average molecular weight is 321 g/mol. The summed E-state index contributed by atoms with van der Waals surface area (Å²) in [6.07, 6.45) is 0. The van der Waals surface area contributed by atoms with Crippen LogP contribution in [0.15, 0.2) is 9.72 Å². The number of nitrogens with one attached hydrogen (secondary N) is 1. The highest BCUT2D eigenvalue weighted by molar-refractivity contribution is 7.91. The first-order chi connectivity index (χ1) is 9.15. The number of aromatic carboxylic acids is 1. The maximum Gasteiger partial charge on any atom is 0.356 e. The molecule has 20 heavy (non-hydrogen) atoms. The van der Waals surface area contributed by atoms with Gasteiger partial charge in [-0.05, 0) is 20.0 Å².